The van der Waals surface area contributed by atoms with Crippen LogP contribution < -0.4 is 10.6 Å². The minimum atomic E-state index is -0.455. The average Bonchev–Trinajstić information content (AvgIpc) is 2.67. The lowest BCUT2D eigenvalue weighted by molar-refractivity contribution is 0.102. The third-order valence-corrected chi connectivity index (χ3v) is 5.14. The molecular weight excluding hydrogens is 586 g/mol. The quantitative estimate of drug-likeness (QED) is 0.255. The Morgan fingerprint density at radius 1 is 0.679 bits per heavy atom. The Bertz CT molecular complexity index is 989. The number of halogens is 2. The van der Waals surface area contributed by atoms with Crippen molar-refractivity contribution >= 4 is 68.4 Å². The number of hydrogen-bond donors (Lipinski definition) is 4. The van der Waals surface area contributed by atoms with Gasteiger partial charge in [0.1, 0.15) is 11.5 Å². The third kappa shape index (κ3) is 4.93. The highest BCUT2D eigenvalue weighted by Crippen LogP contribution is 2.27. The van der Waals surface area contributed by atoms with Gasteiger partial charge in [0.25, 0.3) is 11.8 Å². The fourth-order valence-corrected chi connectivity index (χ4v) is 3.39. The average molecular weight is 600 g/mol. The zero-order chi connectivity index (χ0) is 20.3. The first kappa shape index (κ1) is 20.4. The number of benzene rings is 3. The van der Waals surface area contributed by atoms with Gasteiger partial charge in [-0.15, -0.1) is 0 Å². The van der Waals surface area contributed by atoms with Crippen LogP contribution in [-0.2, 0) is 0 Å². The van der Waals surface area contributed by atoms with Crippen LogP contribution in [0.5, 0.6) is 11.5 Å². The number of hydrogen-bond acceptors (Lipinski definition) is 4. The fourth-order valence-electron chi connectivity index (χ4n) is 2.41. The van der Waals surface area contributed by atoms with Crippen LogP contribution in [0.4, 0.5) is 11.4 Å². The molecule has 0 radical (unpaired) electrons. The molecule has 0 heterocycles. The Kier molecular flexibility index (Phi) is 6.39. The van der Waals surface area contributed by atoms with Gasteiger partial charge in [0, 0.05) is 18.3 Å². The van der Waals surface area contributed by atoms with Crippen molar-refractivity contribution in [3.63, 3.8) is 0 Å². The molecule has 3 rings (SSSR count). The van der Waals surface area contributed by atoms with E-state index in [1.165, 1.54) is 18.2 Å². The molecule has 2 amide bonds. The summed E-state index contributed by atoms with van der Waals surface area (Å²) in [5.74, 6) is -0.998. The number of carbonyl (C=O) groups is 2. The molecule has 0 spiro atoms. The number of carbonyl (C=O) groups excluding carboxylic acids is 2. The molecule has 0 aliphatic heterocycles. The Balaban J connectivity index is 1.79. The summed E-state index contributed by atoms with van der Waals surface area (Å²) >= 11 is 4.15. The fraction of sp³-hybridized carbons (Fsp3) is 0. The SMILES string of the molecule is O=C(Nc1cc(I)ccc1O)c1cccc(C(=O)Nc2cc(I)ccc2O)c1. The number of nitrogens with one attached hydrogen (secondary N) is 2. The van der Waals surface area contributed by atoms with E-state index in [0.717, 1.165) is 7.14 Å². The van der Waals surface area contributed by atoms with Crippen LogP contribution in [-0.4, -0.2) is 22.0 Å². The highest BCUT2D eigenvalue weighted by Gasteiger charge is 2.14. The molecule has 142 valence electrons. The van der Waals surface area contributed by atoms with Gasteiger partial charge in [-0.3, -0.25) is 9.59 Å². The van der Waals surface area contributed by atoms with Crippen molar-refractivity contribution in [2.75, 3.05) is 10.6 Å². The van der Waals surface area contributed by atoms with Crippen LogP contribution in [0.1, 0.15) is 20.7 Å². The zero-order valence-electron chi connectivity index (χ0n) is 14.2. The molecule has 0 bridgehead atoms. The van der Waals surface area contributed by atoms with Crippen molar-refractivity contribution in [2.45, 2.75) is 0 Å². The molecule has 0 unspecified atom stereocenters. The summed E-state index contributed by atoms with van der Waals surface area (Å²) in [5, 5.41) is 25.0. The smallest absolute Gasteiger partial charge is 0.255 e. The van der Waals surface area contributed by atoms with E-state index in [-0.39, 0.29) is 34.0 Å². The summed E-state index contributed by atoms with van der Waals surface area (Å²) in [6.45, 7) is 0. The van der Waals surface area contributed by atoms with E-state index in [1.54, 1.807) is 42.5 Å². The molecule has 0 saturated heterocycles. The lowest BCUT2D eigenvalue weighted by Crippen LogP contribution is -2.15. The number of aromatic hydroxyl groups is 2. The van der Waals surface area contributed by atoms with Gasteiger partial charge in [-0.25, -0.2) is 0 Å². The van der Waals surface area contributed by atoms with Gasteiger partial charge in [-0.2, -0.15) is 0 Å². The number of rotatable bonds is 4. The topological polar surface area (TPSA) is 98.7 Å². The Hall–Kier alpha value is -2.34. The van der Waals surface area contributed by atoms with Crippen LogP contribution in [0.3, 0.4) is 0 Å². The molecule has 0 aromatic heterocycles. The predicted molar refractivity (Wildman–Crippen MR) is 124 cm³/mol. The zero-order valence-corrected chi connectivity index (χ0v) is 18.6. The minimum absolute atomic E-state index is 0.0446. The van der Waals surface area contributed by atoms with Crippen molar-refractivity contribution in [3.8, 4) is 11.5 Å². The van der Waals surface area contributed by atoms with Gasteiger partial charge in [-0.1, -0.05) is 6.07 Å². The molecule has 0 fully saturated rings. The first-order valence-corrected chi connectivity index (χ1v) is 10.2. The summed E-state index contributed by atoms with van der Waals surface area (Å²) in [4.78, 5) is 25.0. The van der Waals surface area contributed by atoms with E-state index < -0.39 is 11.8 Å². The molecular formula is C20H14I2N2O4. The molecule has 6 nitrogen and oxygen atoms in total. The lowest BCUT2D eigenvalue weighted by atomic mass is 10.1. The van der Waals surface area contributed by atoms with Crippen LogP contribution in [0, 0.1) is 7.14 Å². The van der Waals surface area contributed by atoms with Crippen molar-refractivity contribution in [1.29, 1.82) is 0 Å². The second-order valence-electron chi connectivity index (χ2n) is 5.81. The molecule has 28 heavy (non-hydrogen) atoms. The maximum absolute atomic E-state index is 12.5. The van der Waals surface area contributed by atoms with Gasteiger partial charge < -0.3 is 20.8 Å². The number of amides is 2. The van der Waals surface area contributed by atoms with Gasteiger partial charge in [0.05, 0.1) is 11.4 Å². The first-order chi connectivity index (χ1) is 13.3. The monoisotopic (exact) mass is 600 g/mol. The largest absolute Gasteiger partial charge is 0.506 e. The van der Waals surface area contributed by atoms with E-state index in [1.807, 2.05) is 0 Å². The summed E-state index contributed by atoms with van der Waals surface area (Å²) in [6.07, 6.45) is 0. The van der Waals surface area contributed by atoms with E-state index in [2.05, 4.69) is 55.8 Å². The molecule has 3 aromatic carbocycles. The number of phenolic OH excluding ortho intramolecular Hbond substituents is 2. The highest BCUT2D eigenvalue weighted by molar-refractivity contribution is 14.1. The molecule has 3 aromatic rings. The van der Waals surface area contributed by atoms with E-state index in [4.69, 9.17) is 0 Å². The maximum Gasteiger partial charge on any atom is 0.255 e. The second kappa shape index (κ2) is 8.78. The second-order valence-corrected chi connectivity index (χ2v) is 8.30. The molecule has 0 aliphatic carbocycles. The van der Waals surface area contributed by atoms with E-state index in [0.29, 0.717) is 0 Å². The molecule has 4 N–H and O–H groups in total. The van der Waals surface area contributed by atoms with Crippen LogP contribution in [0.15, 0.2) is 60.7 Å². The molecule has 0 atom stereocenters. The van der Waals surface area contributed by atoms with Crippen molar-refractivity contribution in [3.05, 3.63) is 78.9 Å². The van der Waals surface area contributed by atoms with Gasteiger partial charge in [-0.05, 0) is 99.8 Å². The molecule has 8 heteroatoms. The Morgan fingerprint density at radius 2 is 1.11 bits per heavy atom. The standard InChI is InChI=1S/C20H14I2N2O4/c21-13-4-6-17(25)15(9-13)23-19(27)11-2-1-3-12(8-11)20(28)24-16-10-14(22)5-7-18(16)26/h1-10,25-26H,(H,23,27)(H,24,28). The predicted octanol–water partition coefficient (Wildman–Crippen LogP) is 4.81. The van der Waals surface area contributed by atoms with Crippen molar-refractivity contribution in [2.24, 2.45) is 0 Å². The summed E-state index contributed by atoms with van der Waals surface area (Å²) in [7, 11) is 0. The minimum Gasteiger partial charge on any atom is -0.506 e. The lowest BCUT2D eigenvalue weighted by Gasteiger charge is -2.10. The first-order valence-electron chi connectivity index (χ1n) is 8.03. The number of anilines is 2. The van der Waals surface area contributed by atoms with Gasteiger partial charge in [0.2, 0.25) is 0 Å². The van der Waals surface area contributed by atoms with E-state index in [9.17, 15) is 19.8 Å². The van der Waals surface area contributed by atoms with Crippen LogP contribution in [0.2, 0.25) is 0 Å². The third-order valence-electron chi connectivity index (χ3n) is 3.80. The number of phenols is 2. The van der Waals surface area contributed by atoms with Crippen molar-refractivity contribution < 1.29 is 19.8 Å². The molecule has 0 saturated carbocycles. The normalized spacial score (nSPS) is 10.4. The Morgan fingerprint density at radius 3 is 1.54 bits per heavy atom. The van der Waals surface area contributed by atoms with Gasteiger partial charge in [0.15, 0.2) is 0 Å². The van der Waals surface area contributed by atoms with E-state index >= 15 is 0 Å². The van der Waals surface area contributed by atoms with Crippen LogP contribution >= 0.6 is 45.2 Å². The summed E-state index contributed by atoms with van der Waals surface area (Å²) in [5.41, 5.74) is 1.10. The Labute approximate surface area is 188 Å². The van der Waals surface area contributed by atoms with Crippen LogP contribution in [0.25, 0.3) is 0 Å². The van der Waals surface area contributed by atoms with Gasteiger partial charge >= 0.3 is 0 Å². The molecule has 0 aliphatic rings. The maximum atomic E-state index is 12.5. The van der Waals surface area contributed by atoms with Crippen molar-refractivity contribution in [1.82, 2.24) is 0 Å². The summed E-state index contributed by atoms with van der Waals surface area (Å²) < 4.78 is 1.72. The summed E-state index contributed by atoms with van der Waals surface area (Å²) in [6, 6.07) is 15.9. The highest BCUT2D eigenvalue weighted by atomic mass is 127.